The van der Waals surface area contributed by atoms with Crippen LogP contribution in [0.2, 0.25) is 0 Å². The minimum absolute atomic E-state index is 0. The monoisotopic (exact) mass is 745 g/mol. The van der Waals surface area contributed by atoms with Gasteiger partial charge in [0.15, 0.2) is 0 Å². The van der Waals surface area contributed by atoms with E-state index in [0.29, 0.717) is 0 Å². The second-order valence-electron chi connectivity index (χ2n) is 10.3. The molecule has 0 radical (unpaired) electrons. The van der Waals surface area contributed by atoms with Crippen LogP contribution in [0.25, 0.3) is 51.7 Å². The van der Waals surface area contributed by atoms with Gasteiger partial charge in [-0.05, 0) is 35.6 Å². The largest absolute Gasteiger partial charge is 4.00 e. The van der Waals surface area contributed by atoms with Crippen LogP contribution in [0.5, 0.6) is 0 Å². The molecule has 0 atom stereocenters. The summed E-state index contributed by atoms with van der Waals surface area (Å²) in [5.74, 6) is 0. The molecule has 3 aliphatic heterocycles. The van der Waals surface area contributed by atoms with Crippen LogP contribution in [0, 0.1) is 12.1 Å². The Labute approximate surface area is 258 Å². The van der Waals surface area contributed by atoms with E-state index in [1.807, 2.05) is 22.7 Å². The van der Waals surface area contributed by atoms with Gasteiger partial charge < -0.3 is 18.5 Å². The molecule has 6 aromatic rings. The normalized spacial score (nSPS) is 11.9. The molecule has 3 aliphatic rings. The second kappa shape index (κ2) is 9.63. The van der Waals surface area contributed by atoms with Crippen LogP contribution in [-0.2, 0) is 34.2 Å². The van der Waals surface area contributed by atoms with E-state index in [-0.39, 0.29) is 21.1 Å². The number of thiophene rings is 2. The Bertz CT molecular complexity index is 2140. The molecule has 0 saturated heterocycles. The topological polar surface area (TPSA) is 19.7 Å². The Morgan fingerprint density at radius 1 is 0.561 bits per heavy atom. The van der Waals surface area contributed by atoms with Crippen molar-refractivity contribution in [2.24, 2.45) is 0 Å². The van der Waals surface area contributed by atoms with Gasteiger partial charge in [0.1, 0.15) is 0 Å². The molecule has 4 aromatic carbocycles. The SMILES string of the molecule is [Pt+4].[c-]1ccc2c(sc3ccccc32)c1Cn1cc2ccc3cn(Cc4[c-]ccc5c4sc4ccccc45)[cH-]n-3n-2[cH-]1. The summed E-state index contributed by atoms with van der Waals surface area (Å²) < 4.78 is 14.3. The predicted octanol–water partition coefficient (Wildman–Crippen LogP) is 8.74. The summed E-state index contributed by atoms with van der Waals surface area (Å²) in [6.45, 7) is 1.55. The zero-order chi connectivity index (χ0) is 26.2. The van der Waals surface area contributed by atoms with E-state index >= 15 is 0 Å². The van der Waals surface area contributed by atoms with Gasteiger partial charge in [-0.2, -0.15) is 36.4 Å². The Balaban J connectivity index is 0.00000256. The molecule has 0 bridgehead atoms. The molecule has 2 aromatic heterocycles. The molecular weight excluding hydrogens is 724 g/mol. The number of aromatic nitrogens is 4. The quantitative estimate of drug-likeness (QED) is 0.161. The summed E-state index contributed by atoms with van der Waals surface area (Å²) >= 11 is 3.72. The maximum absolute atomic E-state index is 3.52. The van der Waals surface area contributed by atoms with Crippen LogP contribution in [0.1, 0.15) is 11.1 Å². The number of benzene rings is 4. The first-order valence-electron chi connectivity index (χ1n) is 13.3. The summed E-state index contributed by atoms with van der Waals surface area (Å²) in [6, 6.07) is 37.3. The first-order chi connectivity index (χ1) is 19.8. The van der Waals surface area contributed by atoms with Gasteiger partial charge in [0, 0.05) is 22.5 Å². The van der Waals surface area contributed by atoms with Gasteiger partial charge in [-0.3, -0.25) is 0 Å². The van der Waals surface area contributed by atoms with Crippen LogP contribution < -0.4 is 0 Å². The van der Waals surface area contributed by atoms with Gasteiger partial charge in [-0.1, -0.05) is 57.2 Å². The Morgan fingerprint density at radius 3 is 1.51 bits per heavy atom. The number of rotatable bonds is 4. The fourth-order valence-corrected chi connectivity index (χ4v) is 8.35. The number of hydrogen-bond acceptors (Lipinski definition) is 2. The van der Waals surface area contributed by atoms with Crippen molar-refractivity contribution in [2.75, 3.05) is 0 Å². The molecular formula is C34H22N4PtS2. The smallest absolute Gasteiger partial charge is 0.450 e. The van der Waals surface area contributed by atoms with E-state index in [1.54, 1.807) is 0 Å². The minimum atomic E-state index is 0. The maximum atomic E-state index is 3.52. The molecule has 0 saturated carbocycles. The molecule has 0 amide bonds. The average molecular weight is 746 g/mol. The Morgan fingerprint density at radius 2 is 1.02 bits per heavy atom. The van der Waals surface area contributed by atoms with Crippen molar-refractivity contribution in [1.82, 2.24) is 18.5 Å². The van der Waals surface area contributed by atoms with Gasteiger partial charge in [0.2, 0.25) is 0 Å². The van der Waals surface area contributed by atoms with E-state index in [0.717, 1.165) is 24.5 Å². The first kappa shape index (κ1) is 24.9. The molecule has 0 fully saturated rings. The molecule has 41 heavy (non-hydrogen) atoms. The van der Waals surface area contributed by atoms with Crippen molar-refractivity contribution < 1.29 is 21.1 Å². The molecule has 7 heteroatoms. The fraction of sp³-hybridized carbons (Fsp3) is 0.0588. The fourth-order valence-electron chi connectivity index (χ4n) is 5.97. The minimum Gasteiger partial charge on any atom is -0.450 e. The third kappa shape index (κ3) is 3.97. The van der Waals surface area contributed by atoms with Crippen molar-refractivity contribution >= 4 is 63.0 Å². The van der Waals surface area contributed by atoms with Crippen molar-refractivity contribution in [2.45, 2.75) is 13.1 Å². The average Bonchev–Trinajstić information content (AvgIpc) is 3.75. The van der Waals surface area contributed by atoms with E-state index in [9.17, 15) is 0 Å². The van der Waals surface area contributed by atoms with Crippen LogP contribution in [-0.4, -0.2) is 18.5 Å². The van der Waals surface area contributed by atoms with Crippen molar-refractivity contribution in [3.63, 3.8) is 0 Å². The molecule has 9 rings (SSSR count). The number of imidazole rings is 2. The third-order valence-electron chi connectivity index (χ3n) is 7.81. The summed E-state index contributed by atoms with van der Waals surface area (Å²) in [5.41, 5.74) is 4.75. The third-order valence-corrected chi connectivity index (χ3v) is 10.3. The number of nitrogens with zero attached hydrogens (tertiary/aromatic N) is 4. The van der Waals surface area contributed by atoms with Crippen molar-refractivity contribution in [3.8, 4) is 11.4 Å². The first-order valence-corrected chi connectivity index (χ1v) is 14.9. The summed E-state index contributed by atoms with van der Waals surface area (Å²) in [4.78, 5) is 0. The molecule has 0 unspecified atom stereocenters. The zero-order valence-electron chi connectivity index (χ0n) is 21.7. The molecule has 0 N–H and O–H groups in total. The summed E-state index contributed by atoms with van der Waals surface area (Å²) in [7, 11) is 0. The van der Waals surface area contributed by atoms with E-state index in [2.05, 4.69) is 141 Å². The van der Waals surface area contributed by atoms with Crippen LogP contribution in [0.3, 0.4) is 0 Å². The summed E-state index contributed by atoms with van der Waals surface area (Å²) in [6.07, 6.45) is 8.81. The molecule has 0 spiro atoms. The van der Waals surface area contributed by atoms with E-state index in [4.69, 9.17) is 0 Å². The molecule has 200 valence electrons. The predicted molar refractivity (Wildman–Crippen MR) is 167 cm³/mol. The van der Waals surface area contributed by atoms with E-state index in [1.165, 1.54) is 51.5 Å². The number of hydrogen-bond donors (Lipinski definition) is 0. The Hall–Kier alpha value is -3.83. The van der Waals surface area contributed by atoms with Crippen molar-refractivity contribution in [1.29, 1.82) is 0 Å². The van der Waals surface area contributed by atoms with Gasteiger partial charge in [0.05, 0.1) is 0 Å². The maximum Gasteiger partial charge on any atom is 4.00 e. The van der Waals surface area contributed by atoms with Gasteiger partial charge in [-0.25, -0.2) is 22.7 Å². The van der Waals surface area contributed by atoms with Gasteiger partial charge >= 0.3 is 21.1 Å². The molecule has 0 aliphatic carbocycles. The van der Waals surface area contributed by atoms with Crippen LogP contribution in [0.15, 0.2) is 110 Å². The van der Waals surface area contributed by atoms with Crippen LogP contribution in [0.4, 0.5) is 0 Å². The molecule has 4 nitrogen and oxygen atoms in total. The van der Waals surface area contributed by atoms with Gasteiger partial charge in [-0.15, -0.1) is 46.4 Å². The molecule has 5 heterocycles. The second-order valence-corrected chi connectivity index (χ2v) is 12.4. The zero-order valence-corrected chi connectivity index (χ0v) is 25.6. The standard InChI is InChI=1S/C34H22N4S2.Pt/c1-3-13-31-27(9-1)29-11-5-7-23(33(29)39-31)17-35-19-25-15-16-26-20-36(22-38(26)37(25)21-35)18-24-8-6-12-30-28-10-2-4-14-32(28)40-34(24)30;/h1-6,9-16,19-22H,17-18H2;/q-4;+4. The van der Waals surface area contributed by atoms with E-state index < -0.39 is 0 Å². The van der Waals surface area contributed by atoms with Gasteiger partial charge in [0.25, 0.3) is 0 Å². The van der Waals surface area contributed by atoms with Crippen molar-refractivity contribution in [3.05, 3.63) is 133 Å². The Kier molecular flexibility index (Phi) is 5.85. The number of fused-ring (bicyclic) bond motifs is 9. The summed E-state index contributed by atoms with van der Waals surface area (Å²) in [5, 5.41) is 5.29. The van der Waals surface area contributed by atoms with Crippen LogP contribution >= 0.6 is 22.7 Å².